The van der Waals surface area contributed by atoms with Gasteiger partial charge in [-0.2, -0.15) is 0 Å². The monoisotopic (exact) mass is 308 g/mol. The summed E-state index contributed by atoms with van der Waals surface area (Å²) in [6, 6.07) is 5.58. The number of amides is 1. The average Bonchev–Trinajstić information content (AvgIpc) is 2.28. The summed E-state index contributed by atoms with van der Waals surface area (Å²) in [6.07, 6.45) is 3.74. The molecule has 96 valence electrons. The zero-order valence-corrected chi connectivity index (χ0v) is 12.4. The van der Waals surface area contributed by atoms with Crippen molar-refractivity contribution >= 4 is 27.5 Å². The van der Waals surface area contributed by atoms with Crippen LogP contribution in [-0.4, -0.2) is 24.9 Å². The Kier molecular flexibility index (Phi) is 5.16. The van der Waals surface area contributed by atoms with Gasteiger partial charge in [-0.3, -0.25) is 4.79 Å². The molecule has 0 spiro atoms. The predicted molar refractivity (Wildman–Crippen MR) is 79.7 cm³/mol. The summed E-state index contributed by atoms with van der Waals surface area (Å²) < 4.78 is 0.763. The van der Waals surface area contributed by atoms with Crippen LogP contribution in [-0.2, 0) is 0 Å². The van der Waals surface area contributed by atoms with Crippen molar-refractivity contribution in [3.05, 3.63) is 52.7 Å². The first kappa shape index (κ1) is 14.5. The summed E-state index contributed by atoms with van der Waals surface area (Å²) in [5.41, 5.74) is 2.09. The second-order valence-electron chi connectivity index (χ2n) is 4.01. The van der Waals surface area contributed by atoms with Gasteiger partial charge in [0, 0.05) is 24.3 Å². The second kappa shape index (κ2) is 6.40. The number of allylic oxidation sites excluding steroid dienone is 2. The molecule has 0 radical (unpaired) electrons. The summed E-state index contributed by atoms with van der Waals surface area (Å²) in [7, 11) is 3.46. The van der Waals surface area contributed by atoms with Crippen molar-refractivity contribution in [2.75, 3.05) is 19.4 Å². The van der Waals surface area contributed by atoms with Crippen LogP contribution in [0.25, 0.3) is 0 Å². The third kappa shape index (κ3) is 3.47. The molecular formula is C14H17BrN2O. The van der Waals surface area contributed by atoms with Crippen LogP contribution in [0.1, 0.15) is 17.3 Å². The third-order valence-electron chi connectivity index (χ3n) is 2.30. The first-order chi connectivity index (χ1) is 8.47. The van der Waals surface area contributed by atoms with E-state index in [1.54, 1.807) is 19.0 Å². The fourth-order valence-electron chi connectivity index (χ4n) is 1.49. The van der Waals surface area contributed by atoms with E-state index < -0.39 is 0 Å². The Hall–Kier alpha value is -1.55. The third-order valence-corrected chi connectivity index (χ3v) is 2.96. The molecule has 1 aromatic rings. The molecule has 0 aliphatic heterocycles. The fourth-order valence-corrected chi connectivity index (χ4v) is 2.02. The number of carbonyl (C=O) groups excluding carboxylic acids is 1. The zero-order valence-electron chi connectivity index (χ0n) is 10.8. The van der Waals surface area contributed by atoms with Crippen molar-refractivity contribution in [3.63, 3.8) is 0 Å². The summed E-state index contributed by atoms with van der Waals surface area (Å²) in [5, 5.41) is 3.13. The molecule has 0 fully saturated rings. The Morgan fingerprint density at radius 1 is 1.44 bits per heavy atom. The summed E-state index contributed by atoms with van der Waals surface area (Å²) >= 11 is 3.41. The molecule has 1 amide bonds. The molecule has 0 unspecified atom stereocenters. The number of carbonyl (C=O) groups is 1. The van der Waals surface area contributed by atoms with Crippen molar-refractivity contribution in [1.82, 2.24) is 4.90 Å². The lowest BCUT2D eigenvalue weighted by atomic mass is 10.1. The topological polar surface area (TPSA) is 32.3 Å². The van der Waals surface area contributed by atoms with Crippen molar-refractivity contribution < 1.29 is 4.79 Å². The van der Waals surface area contributed by atoms with E-state index in [4.69, 9.17) is 0 Å². The smallest absolute Gasteiger partial charge is 0.256 e. The SMILES string of the molecule is C=C(/C=C\C)Nc1cccc(Br)c1C(=O)N(C)C. The molecule has 4 heteroatoms. The first-order valence-corrected chi connectivity index (χ1v) is 6.35. The lowest BCUT2D eigenvalue weighted by Gasteiger charge is -2.16. The Bertz CT molecular complexity index is 493. The number of nitrogens with zero attached hydrogens (tertiary/aromatic N) is 1. The van der Waals surface area contributed by atoms with Gasteiger partial charge in [0.05, 0.1) is 11.3 Å². The number of hydrogen-bond donors (Lipinski definition) is 1. The molecule has 0 heterocycles. The minimum absolute atomic E-state index is 0.0572. The lowest BCUT2D eigenvalue weighted by Crippen LogP contribution is -2.23. The van der Waals surface area contributed by atoms with E-state index in [0.717, 1.165) is 15.9 Å². The Balaban J connectivity index is 3.16. The molecule has 0 saturated carbocycles. The largest absolute Gasteiger partial charge is 0.355 e. The van der Waals surface area contributed by atoms with Gasteiger partial charge in [-0.05, 0) is 41.1 Å². The summed E-state index contributed by atoms with van der Waals surface area (Å²) in [6.45, 7) is 5.79. The number of hydrogen-bond acceptors (Lipinski definition) is 2. The van der Waals surface area contributed by atoms with Crippen molar-refractivity contribution in [2.24, 2.45) is 0 Å². The fraction of sp³-hybridized carbons (Fsp3) is 0.214. The van der Waals surface area contributed by atoms with E-state index in [2.05, 4.69) is 27.8 Å². The molecule has 18 heavy (non-hydrogen) atoms. The molecule has 1 aromatic carbocycles. The predicted octanol–water partition coefficient (Wildman–Crippen LogP) is 3.65. The molecule has 0 bridgehead atoms. The maximum absolute atomic E-state index is 12.1. The van der Waals surface area contributed by atoms with Gasteiger partial charge in [-0.25, -0.2) is 0 Å². The number of nitrogens with one attached hydrogen (secondary N) is 1. The van der Waals surface area contributed by atoms with E-state index in [0.29, 0.717) is 5.56 Å². The Labute approximate surface area is 116 Å². The van der Waals surface area contributed by atoms with Crippen LogP contribution in [0, 0.1) is 0 Å². The van der Waals surface area contributed by atoms with Crippen LogP contribution in [0.15, 0.2) is 47.1 Å². The van der Waals surface area contributed by atoms with E-state index in [9.17, 15) is 4.79 Å². The molecule has 1 rings (SSSR count). The van der Waals surface area contributed by atoms with Crippen molar-refractivity contribution in [2.45, 2.75) is 6.92 Å². The summed E-state index contributed by atoms with van der Waals surface area (Å²) in [5.74, 6) is -0.0572. The van der Waals surface area contributed by atoms with Gasteiger partial charge < -0.3 is 10.2 Å². The van der Waals surface area contributed by atoms with Crippen LogP contribution < -0.4 is 5.32 Å². The average molecular weight is 309 g/mol. The van der Waals surface area contributed by atoms with Gasteiger partial charge in [-0.15, -0.1) is 0 Å². The molecule has 1 N–H and O–H groups in total. The quantitative estimate of drug-likeness (QED) is 0.861. The highest BCUT2D eigenvalue weighted by molar-refractivity contribution is 9.10. The van der Waals surface area contributed by atoms with E-state index in [-0.39, 0.29) is 5.91 Å². The lowest BCUT2D eigenvalue weighted by molar-refractivity contribution is 0.0827. The summed E-state index contributed by atoms with van der Waals surface area (Å²) in [4.78, 5) is 13.7. The van der Waals surface area contributed by atoms with Gasteiger partial charge in [0.15, 0.2) is 0 Å². The second-order valence-corrected chi connectivity index (χ2v) is 4.87. The molecule has 0 aromatic heterocycles. The van der Waals surface area contributed by atoms with Crippen LogP contribution >= 0.6 is 15.9 Å². The molecule has 0 atom stereocenters. The van der Waals surface area contributed by atoms with Gasteiger partial charge in [0.25, 0.3) is 5.91 Å². The normalized spacial score (nSPS) is 10.4. The van der Waals surface area contributed by atoms with Gasteiger partial charge in [0.1, 0.15) is 0 Å². The van der Waals surface area contributed by atoms with Crippen LogP contribution in [0.2, 0.25) is 0 Å². The van der Waals surface area contributed by atoms with Crippen LogP contribution in [0.4, 0.5) is 5.69 Å². The minimum Gasteiger partial charge on any atom is -0.355 e. The standard InChI is InChI=1S/C14H17BrN2O/c1-5-7-10(2)16-12-9-6-8-11(15)13(12)14(18)17(3)4/h5-9,16H,2H2,1,3-4H3/b7-5-. The highest BCUT2D eigenvalue weighted by Crippen LogP contribution is 2.26. The van der Waals surface area contributed by atoms with Gasteiger partial charge in [0.2, 0.25) is 0 Å². The maximum atomic E-state index is 12.1. The Morgan fingerprint density at radius 3 is 2.67 bits per heavy atom. The van der Waals surface area contributed by atoms with E-state index in [1.807, 2.05) is 37.3 Å². The first-order valence-electron chi connectivity index (χ1n) is 5.56. The van der Waals surface area contributed by atoms with E-state index in [1.165, 1.54) is 0 Å². The Morgan fingerprint density at radius 2 is 2.11 bits per heavy atom. The number of rotatable bonds is 4. The van der Waals surface area contributed by atoms with Crippen molar-refractivity contribution in [1.29, 1.82) is 0 Å². The zero-order chi connectivity index (χ0) is 13.7. The maximum Gasteiger partial charge on any atom is 0.256 e. The number of benzene rings is 1. The van der Waals surface area contributed by atoms with E-state index >= 15 is 0 Å². The molecule has 0 aliphatic carbocycles. The minimum atomic E-state index is -0.0572. The van der Waals surface area contributed by atoms with Crippen molar-refractivity contribution in [3.8, 4) is 0 Å². The molecular weight excluding hydrogens is 292 g/mol. The highest BCUT2D eigenvalue weighted by atomic mass is 79.9. The van der Waals surface area contributed by atoms with Gasteiger partial charge >= 0.3 is 0 Å². The highest BCUT2D eigenvalue weighted by Gasteiger charge is 2.16. The number of halogens is 1. The van der Waals surface area contributed by atoms with Crippen LogP contribution in [0.3, 0.4) is 0 Å². The number of anilines is 1. The molecule has 0 saturated heterocycles. The van der Waals surface area contributed by atoms with Gasteiger partial charge in [-0.1, -0.05) is 18.7 Å². The molecule has 0 aliphatic rings. The van der Waals surface area contributed by atoms with Crippen LogP contribution in [0.5, 0.6) is 0 Å². The molecule has 3 nitrogen and oxygen atoms in total.